The van der Waals surface area contributed by atoms with Gasteiger partial charge in [-0.05, 0) is 54.8 Å². The summed E-state index contributed by atoms with van der Waals surface area (Å²) in [6, 6.07) is 11.1. The minimum absolute atomic E-state index is 0.0000104. The molecule has 144 valence electrons. The first-order valence-corrected chi connectivity index (χ1v) is 9.35. The zero-order valence-electron chi connectivity index (χ0n) is 15.8. The lowest BCUT2D eigenvalue weighted by atomic mass is 9.89. The number of ether oxygens (including phenoxy) is 3. The normalized spacial score (nSPS) is 16.0. The number of fused-ring (bicyclic) bond motifs is 1. The van der Waals surface area contributed by atoms with Gasteiger partial charge in [0, 0.05) is 12.1 Å². The van der Waals surface area contributed by atoms with E-state index in [0.717, 1.165) is 16.7 Å². The highest BCUT2D eigenvalue weighted by Crippen LogP contribution is 2.38. The van der Waals surface area contributed by atoms with Crippen LogP contribution in [-0.2, 0) is 16.0 Å². The van der Waals surface area contributed by atoms with Crippen LogP contribution in [0.5, 0.6) is 11.5 Å². The van der Waals surface area contributed by atoms with Crippen molar-refractivity contribution in [3.8, 4) is 11.5 Å². The number of halogens is 1. The SMILES string of the molecule is COCCOc1cc2c(cc1OC(C)C)[C@H](c1ccc(Cl)cc1)NC(=O)C2. The number of nitrogens with one attached hydrogen (secondary N) is 1. The van der Waals surface area contributed by atoms with E-state index in [1.54, 1.807) is 7.11 Å². The van der Waals surface area contributed by atoms with Gasteiger partial charge in [0.15, 0.2) is 11.5 Å². The zero-order valence-corrected chi connectivity index (χ0v) is 16.5. The third-order valence-electron chi connectivity index (χ3n) is 4.28. The molecular formula is C21H24ClNO4. The molecule has 0 spiro atoms. The van der Waals surface area contributed by atoms with E-state index in [9.17, 15) is 4.79 Å². The molecule has 1 N–H and O–H groups in total. The molecule has 1 heterocycles. The minimum Gasteiger partial charge on any atom is -0.487 e. The van der Waals surface area contributed by atoms with Gasteiger partial charge in [0.1, 0.15) is 6.61 Å². The highest BCUT2D eigenvalue weighted by Gasteiger charge is 2.28. The van der Waals surface area contributed by atoms with E-state index in [2.05, 4.69) is 5.32 Å². The topological polar surface area (TPSA) is 56.8 Å². The summed E-state index contributed by atoms with van der Waals surface area (Å²) in [7, 11) is 1.63. The Balaban J connectivity index is 2.01. The smallest absolute Gasteiger partial charge is 0.225 e. The third kappa shape index (κ3) is 4.73. The van der Waals surface area contributed by atoms with Crippen molar-refractivity contribution in [2.75, 3.05) is 20.3 Å². The molecule has 1 atom stereocenters. The van der Waals surface area contributed by atoms with Crippen LogP contribution in [0, 0.1) is 0 Å². The molecule has 0 saturated carbocycles. The van der Waals surface area contributed by atoms with Crippen molar-refractivity contribution >= 4 is 17.5 Å². The minimum atomic E-state index is -0.249. The van der Waals surface area contributed by atoms with Gasteiger partial charge in [-0.1, -0.05) is 23.7 Å². The van der Waals surface area contributed by atoms with Crippen molar-refractivity contribution in [2.24, 2.45) is 0 Å². The van der Waals surface area contributed by atoms with Crippen molar-refractivity contribution in [3.05, 3.63) is 58.1 Å². The Morgan fingerprint density at radius 3 is 2.56 bits per heavy atom. The van der Waals surface area contributed by atoms with Gasteiger partial charge in [-0.15, -0.1) is 0 Å². The average Bonchev–Trinajstić information content (AvgIpc) is 2.62. The van der Waals surface area contributed by atoms with Crippen LogP contribution < -0.4 is 14.8 Å². The Morgan fingerprint density at radius 1 is 1.15 bits per heavy atom. The Bertz CT molecular complexity index is 805. The van der Waals surface area contributed by atoms with Crippen molar-refractivity contribution in [1.29, 1.82) is 0 Å². The second-order valence-corrected chi connectivity index (χ2v) is 7.17. The fourth-order valence-electron chi connectivity index (χ4n) is 3.11. The molecule has 6 heteroatoms. The number of benzene rings is 2. The molecule has 0 radical (unpaired) electrons. The van der Waals surface area contributed by atoms with Gasteiger partial charge >= 0.3 is 0 Å². The van der Waals surface area contributed by atoms with E-state index in [-0.39, 0.29) is 18.1 Å². The number of hydrogen-bond donors (Lipinski definition) is 1. The van der Waals surface area contributed by atoms with Crippen molar-refractivity contribution in [2.45, 2.75) is 32.4 Å². The van der Waals surface area contributed by atoms with E-state index in [1.807, 2.05) is 50.2 Å². The quantitative estimate of drug-likeness (QED) is 0.729. The van der Waals surface area contributed by atoms with Gasteiger partial charge in [-0.25, -0.2) is 0 Å². The summed E-state index contributed by atoms with van der Waals surface area (Å²) in [4.78, 5) is 12.3. The zero-order chi connectivity index (χ0) is 19.4. The van der Waals surface area contributed by atoms with Crippen LogP contribution in [0.1, 0.15) is 36.6 Å². The fourth-order valence-corrected chi connectivity index (χ4v) is 3.24. The largest absolute Gasteiger partial charge is 0.487 e. The number of hydrogen-bond acceptors (Lipinski definition) is 4. The average molecular weight is 390 g/mol. The number of carbonyl (C=O) groups is 1. The Hall–Kier alpha value is -2.24. The predicted octanol–water partition coefficient (Wildman–Crippen LogP) is 3.91. The van der Waals surface area contributed by atoms with Crippen LogP contribution in [-0.4, -0.2) is 32.3 Å². The highest BCUT2D eigenvalue weighted by molar-refractivity contribution is 6.30. The maximum Gasteiger partial charge on any atom is 0.225 e. The maximum atomic E-state index is 12.3. The second-order valence-electron chi connectivity index (χ2n) is 6.73. The predicted molar refractivity (Wildman–Crippen MR) is 105 cm³/mol. The van der Waals surface area contributed by atoms with Crippen LogP contribution in [0.15, 0.2) is 36.4 Å². The fraction of sp³-hybridized carbons (Fsp3) is 0.381. The first-order valence-electron chi connectivity index (χ1n) is 8.98. The summed E-state index contributed by atoms with van der Waals surface area (Å²) in [5, 5.41) is 3.72. The summed E-state index contributed by atoms with van der Waals surface area (Å²) in [5.41, 5.74) is 2.91. The standard InChI is InChI=1S/C21H24ClNO4/c1-13(2)27-19-12-17-15(10-18(19)26-9-8-25-3)11-20(24)23-21(17)14-4-6-16(22)7-5-14/h4-7,10,12-13,21H,8-9,11H2,1-3H3,(H,23,24)/t21-/m0/s1. The summed E-state index contributed by atoms with van der Waals surface area (Å²) in [6.07, 6.45) is 0.308. The molecule has 0 bridgehead atoms. The summed E-state index contributed by atoms with van der Waals surface area (Å²) in [5.74, 6) is 1.27. The van der Waals surface area contributed by atoms with Gasteiger partial charge in [-0.3, -0.25) is 4.79 Å². The first-order chi connectivity index (χ1) is 13.0. The van der Waals surface area contributed by atoms with E-state index in [4.69, 9.17) is 25.8 Å². The van der Waals surface area contributed by atoms with Gasteiger partial charge in [-0.2, -0.15) is 0 Å². The van der Waals surface area contributed by atoms with Crippen LogP contribution in [0.25, 0.3) is 0 Å². The molecule has 3 rings (SSSR count). The second kappa shape index (κ2) is 8.63. The van der Waals surface area contributed by atoms with E-state index >= 15 is 0 Å². The lowest BCUT2D eigenvalue weighted by Crippen LogP contribution is -2.36. The molecular weight excluding hydrogens is 366 g/mol. The van der Waals surface area contributed by atoms with Gasteiger partial charge in [0.2, 0.25) is 5.91 Å². The van der Waals surface area contributed by atoms with E-state index in [0.29, 0.717) is 36.2 Å². The third-order valence-corrected chi connectivity index (χ3v) is 4.54. The molecule has 2 aromatic carbocycles. The molecule has 5 nitrogen and oxygen atoms in total. The molecule has 1 aliphatic rings. The molecule has 27 heavy (non-hydrogen) atoms. The Morgan fingerprint density at radius 2 is 1.89 bits per heavy atom. The molecule has 0 fully saturated rings. The molecule has 0 saturated heterocycles. The maximum absolute atomic E-state index is 12.3. The van der Waals surface area contributed by atoms with Gasteiger partial charge in [0.05, 0.1) is 25.2 Å². The summed E-state index contributed by atoms with van der Waals surface area (Å²) in [6.45, 7) is 4.83. The lowest BCUT2D eigenvalue weighted by Gasteiger charge is -2.29. The molecule has 1 aliphatic heterocycles. The van der Waals surface area contributed by atoms with Crippen LogP contribution in [0.2, 0.25) is 5.02 Å². The number of methoxy groups -OCH3 is 1. The van der Waals surface area contributed by atoms with Gasteiger partial charge in [0.25, 0.3) is 0 Å². The van der Waals surface area contributed by atoms with Crippen LogP contribution in [0.3, 0.4) is 0 Å². The van der Waals surface area contributed by atoms with E-state index < -0.39 is 0 Å². The van der Waals surface area contributed by atoms with E-state index in [1.165, 1.54) is 0 Å². The lowest BCUT2D eigenvalue weighted by molar-refractivity contribution is -0.121. The number of amides is 1. The molecule has 0 unspecified atom stereocenters. The van der Waals surface area contributed by atoms with Gasteiger partial charge < -0.3 is 19.5 Å². The Labute approximate surface area is 164 Å². The van der Waals surface area contributed by atoms with Crippen molar-refractivity contribution in [3.63, 3.8) is 0 Å². The van der Waals surface area contributed by atoms with Crippen LogP contribution in [0.4, 0.5) is 0 Å². The molecule has 0 aliphatic carbocycles. The number of carbonyl (C=O) groups excluding carboxylic acids is 1. The van der Waals surface area contributed by atoms with Crippen molar-refractivity contribution < 1.29 is 19.0 Å². The van der Waals surface area contributed by atoms with Crippen molar-refractivity contribution in [1.82, 2.24) is 5.32 Å². The van der Waals surface area contributed by atoms with Crippen LogP contribution >= 0.6 is 11.6 Å². The molecule has 1 amide bonds. The Kier molecular flexibility index (Phi) is 6.24. The highest BCUT2D eigenvalue weighted by atomic mass is 35.5. The number of rotatable bonds is 7. The summed E-state index contributed by atoms with van der Waals surface area (Å²) < 4.78 is 16.9. The molecule has 0 aromatic heterocycles. The molecule has 2 aromatic rings. The first kappa shape index (κ1) is 19.5. The summed E-state index contributed by atoms with van der Waals surface area (Å²) >= 11 is 6.01. The monoisotopic (exact) mass is 389 g/mol.